The molecule has 4 aromatic rings. The van der Waals surface area contributed by atoms with Gasteiger partial charge in [0.2, 0.25) is 0 Å². The summed E-state index contributed by atoms with van der Waals surface area (Å²) in [6, 6.07) is 12.4. The summed E-state index contributed by atoms with van der Waals surface area (Å²) in [5.41, 5.74) is 3.34. The largest absolute Gasteiger partial charge is 0.361 e. The third-order valence-corrected chi connectivity index (χ3v) is 4.94. The molecule has 0 unspecified atom stereocenters. The third kappa shape index (κ3) is 2.12. The van der Waals surface area contributed by atoms with Crippen molar-refractivity contribution in [2.24, 2.45) is 0 Å². The molecule has 7 nitrogen and oxygen atoms in total. The number of aromatic amines is 1. The fourth-order valence-corrected chi connectivity index (χ4v) is 3.66. The molecule has 1 aliphatic heterocycles. The number of benzene rings is 1. The molecule has 0 spiro atoms. The van der Waals surface area contributed by atoms with Crippen molar-refractivity contribution in [3.05, 3.63) is 48.2 Å². The van der Waals surface area contributed by atoms with Gasteiger partial charge in [-0.25, -0.2) is 0 Å². The average Bonchev–Trinajstić information content (AvgIpc) is 3.28. The summed E-state index contributed by atoms with van der Waals surface area (Å²) in [5, 5.41) is 17.3. The predicted molar refractivity (Wildman–Crippen MR) is 91.1 cm³/mol. The number of piperidine rings is 1. The Morgan fingerprint density at radius 3 is 2.83 bits per heavy atom. The van der Waals surface area contributed by atoms with Crippen molar-refractivity contribution in [1.82, 2.24) is 30.2 Å². The van der Waals surface area contributed by atoms with E-state index in [1.807, 2.05) is 12.1 Å². The van der Waals surface area contributed by atoms with Crippen molar-refractivity contribution in [3.63, 3.8) is 0 Å². The number of rotatable bonds is 2. The summed E-state index contributed by atoms with van der Waals surface area (Å²) in [6.45, 7) is 1.98. The highest BCUT2D eigenvalue weighted by Crippen LogP contribution is 2.34. The highest BCUT2D eigenvalue weighted by Gasteiger charge is 2.23. The van der Waals surface area contributed by atoms with Gasteiger partial charge in [0.05, 0.1) is 0 Å². The van der Waals surface area contributed by atoms with E-state index < -0.39 is 0 Å². The first-order valence-corrected chi connectivity index (χ1v) is 8.25. The Bertz CT molecular complexity index is 994. The molecule has 24 heavy (non-hydrogen) atoms. The van der Waals surface area contributed by atoms with E-state index in [1.165, 1.54) is 21.1 Å². The van der Waals surface area contributed by atoms with Crippen molar-refractivity contribution >= 4 is 22.4 Å². The second-order valence-electron chi connectivity index (χ2n) is 6.27. The van der Waals surface area contributed by atoms with Crippen LogP contribution in [0.25, 0.3) is 16.6 Å². The number of tetrazole rings is 1. The first-order chi connectivity index (χ1) is 11.9. The highest BCUT2D eigenvalue weighted by atomic mass is 15.6. The molecule has 0 amide bonds. The quantitative estimate of drug-likeness (QED) is 0.614. The van der Waals surface area contributed by atoms with Gasteiger partial charge >= 0.3 is 0 Å². The molecule has 120 valence electrons. The fraction of sp³-hybridized carbons (Fsp3) is 0.294. The summed E-state index contributed by atoms with van der Waals surface area (Å²) in [6.07, 6.45) is 4.42. The van der Waals surface area contributed by atoms with Crippen molar-refractivity contribution in [2.45, 2.75) is 18.8 Å². The summed E-state index contributed by atoms with van der Waals surface area (Å²) in [4.78, 5) is 5.71. The monoisotopic (exact) mass is 319 g/mol. The van der Waals surface area contributed by atoms with Gasteiger partial charge in [-0.2, -0.15) is 0 Å². The summed E-state index contributed by atoms with van der Waals surface area (Å²) in [5.74, 6) is 1.53. The van der Waals surface area contributed by atoms with Gasteiger partial charge in [-0.05, 0) is 52.9 Å². The van der Waals surface area contributed by atoms with Crippen LogP contribution in [0.2, 0.25) is 0 Å². The molecule has 0 saturated carbocycles. The highest BCUT2D eigenvalue weighted by molar-refractivity contribution is 5.83. The zero-order valence-corrected chi connectivity index (χ0v) is 13.1. The molecule has 1 aromatic carbocycles. The van der Waals surface area contributed by atoms with Gasteiger partial charge < -0.3 is 9.88 Å². The summed E-state index contributed by atoms with van der Waals surface area (Å²) in [7, 11) is 0. The Labute approximate surface area is 138 Å². The number of para-hydroxylation sites is 1. The standard InChI is InChI=1S/C17H17N7/c1-2-4-15-13(3-1)14(11-18-15)12-7-9-23(10-8-12)17-6-5-16-19-21-22-24(16)20-17/h1-6,11-12,18H,7-10H2. The molecule has 0 aliphatic carbocycles. The van der Waals surface area contributed by atoms with Crippen LogP contribution < -0.4 is 4.90 Å². The maximum Gasteiger partial charge on any atom is 0.200 e. The Hall–Kier alpha value is -2.96. The lowest BCUT2D eigenvalue weighted by Gasteiger charge is -2.32. The lowest BCUT2D eigenvalue weighted by molar-refractivity contribution is 0.502. The van der Waals surface area contributed by atoms with E-state index in [1.54, 1.807) is 0 Å². The van der Waals surface area contributed by atoms with Crippen molar-refractivity contribution < 1.29 is 0 Å². The van der Waals surface area contributed by atoms with Crippen LogP contribution in [-0.4, -0.2) is 43.3 Å². The van der Waals surface area contributed by atoms with Crippen molar-refractivity contribution in [3.8, 4) is 0 Å². The first-order valence-electron chi connectivity index (χ1n) is 8.25. The van der Waals surface area contributed by atoms with Crippen LogP contribution in [0.4, 0.5) is 5.82 Å². The minimum Gasteiger partial charge on any atom is -0.361 e. The van der Waals surface area contributed by atoms with Crippen LogP contribution >= 0.6 is 0 Å². The Kier molecular flexibility index (Phi) is 2.97. The van der Waals surface area contributed by atoms with E-state index in [9.17, 15) is 0 Å². The maximum absolute atomic E-state index is 4.50. The number of aromatic nitrogens is 6. The Morgan fingerprint density at radius 2 is 1.92 bits per heavy atom. The lowest BCUT2D eigenvalue weighted by Crippen LogP contribution is -2.33. The number of hydrogen-bond donors (Lipinski definition) is 1. The molecule has 1 aliphatic rings. The zero-order chi connectivity index (χ0) is 15.9. The molecular weight excluding hydrogens is 302 g/mol. The molecule has 7 heteroatoms. The van der Waals surface area contributed by atoms with Crippen LogP contribution in [0, 0.1) is 0 Å². The predicted octanol–water partition coefficient (Wildman–Crippen LogP) is 2.38. The molecule has 0 bridgehead atoms. The molecular formula is C17H17N7. The molecule has 1 N–H and O–H groups in total. The van der Waals surface area contributed by atoms with E-state index in [0.29, 0.717) is 11.6 Å². The second-order valence-corrected chi connectivity index (χ2v) is 6.27. The fourth-order valence-electron chi connectivity index (χ4n) is 3.66. The number of H-pyrrole nitrogens is 1. The van der Waals surface area contributed by atoms with Crippen molar-refractivity contribution in [2.75, 3.05) is 18.0 Å². The molecule has 5 rings (SSSR count). The molecule has 0 atom stereocenters. The van der Waals surface area contributed by atoms with E-state index in [4.69, 9.17) is 0 Å². The molecule has 1 saturated heterocycles. The van der Waals surface area contributed by atoms with E-state index in [0.717, 1.165) is 31.7 Å². The minimum absolute atomic E-state index is 0.592. The van der Waals surface area contributed by atoms with Crippen LogP contribution in [0.15, 0.2) is 42.6 Å². The first kappa shape index (κ1) is 13.5. The van der Waals surface area contributed by atoms with Gasteiger partial charge in [0.1, 0.15) is 0 Å². The summed E-state index contributed by atoms with van der Waals surface area (Å²) >= 11 is 0. The number of nitrogens with one attached hydrogen (secondary N) is 1. The zero-order valence-electron chi connectivity index (χ0n) is 13.1. The smallest absolute Gasteiger partial charge is 0.200 e. The normalized spacial score (nSPS) is 16.2. The van der Waals surface area contributed by atoms with E-state index in [-0.39, 0.29) is 0 Å². The van der Waals surface area contributed by atoms with Gasteiger partial charge in [-0.1, -0.05) is 18.2 Å². The number of anilines is 1. The molecule has 0 radical (unpaired) electrons. The summed E-state index contributed by atoms with van der Waals surface area (Å²) < 4.78 is 1.49. The average molecular weight is 319 g/mol. The van der Waals surface area contributed by atoms with Gasteiger partial charge in [0, 0.05) is 30.2 Å². The Morgan fingerprint density at radius 1 is 1.04 bits per heavy atom. The number of hydrogen-bond acceptors (Lipinski definition) is 5. The van der Waals surface area contributed by atoms with Gasteiger partial charge in [-0.15, -0.1) is 14.8 Å². The van der Waals surface area contributed by atoms with E-state index >= 15 is 0 Å². The topological polar surface area (TPSA) is 75.0 Å². The molecule has 1 fully saturated rings. The minimum atomic E-state index is 0.592. The number of nitrogens with zero attached hydrogens (tertiary/aromatic N) is 6. The Balaban J connectivity index is 1.37. The SMILES string of the molecule is c1ccc2c(C3CCN(c4ccc5nnnn5n4)CC3)c[nH]c2c1. The van der Waals surface area contributed by atoms with Gasteiger partial charge in [-0.3, -0.25) is 0 Å². The van der Waals surface area contributed by atoms with Gasteiger partial charge in [0.25, 0.3) is 0 Å². The molecule has 4 heterocycles. The van der Waals surface area contributed by atoms with Gasteiger partial charge in [0.15, 0.2) is 11.5 Å². The maximum atomic E-state index is 4.50. The van der Waals surface area contributed by atoms with Crippen molar-refractivity contribution in [1.29, 1.82) is 0 Å². The van der Waals surface area contributed by atoms with Crippen LogP contribution in [0.1, 0.15) is 24.3 Å². The lowest BCUT2D eigenvalue weighted by atomic mass is 9.89. The van der Waals surface area contributed by atoms with E-state index in [2.05, 4.69) is 61.0 Å². The van der Waals surface area contributed by atoms with Crippen LogP contribution in [-0.2, 0) is 0 Å². The van der Waals surface area contributed by atoms with Crippen LogP contribution in [0.3, 0.4) is 0 Å². The molecule has 3 aromatic heterocycles. The van der Waals surface area contributed by atoms with Crippen LogP contribution in [0.5, 0.6) is 0 Å². The third-order valence-electron chi connectivity index (χ3n) is 4.94. The number of fused-ring (bicyclic) bond motifs is 2. The second kappa shape index (κ2) is 5.30.